The van der Waals surface area contributed by atoms with E-state index in [9.17, 15) is 9.59 Å². The molecule has 2 unspecified atom stereocenters. The van der Waals surface area contributed by atoms with Crippen molar-refractivity contribution in [2.45, 2.75) is 76.0 Å². The van der Waals surface area contributed by atoms with Crippen LogP contribution in [0.25, 0.3) is 0 Å². The summed E-state index contributed by atoms with van der Waals surface area (Å²) in [5.41, 5.74) is 0.720. The van der Waals surface area contributed by atoms with Crippen LogP contribution in [0.4, 0.5) is 4.79 Å². The van der Waals surface area contributed by atoms with E-state index in [0.29, 0.717) is 37.4 Å². The van der Waals surface area contributed by atoms with Crippen LogP contribution >= 0.6 is 0 Å². The van der Waals surface area contributed by atoms with Gasteiger partial charge in [-0.3, -0.25) is 4.79 Å². The first-order chi connectivity index (χ1) is 16.3. The highest BCUT2D eigenvalue weighted by Crippen LogP contribution is 2.60. The van der Waals surface area contributed by atoms with Crippen molar-refractivity contribution in [3.63, 3.8) is 0 Å². The molecular formula is C26H38N2O6. The second-order valence-electron chi connectivity index (χ2n) is 11.7. The van der Waals surface area contributed by atoms with Gasteiger partial charge in [-0.15, -0.1) is 0 Å². The van der Waals surface area contributed by atoms with Crippen molar-refractivity contribution in [3.8, 4) is 0 Å². The number of allylic oxidation sites excluding steroid dienone is 1. The van der Waals surface area contributed by atoms with Crippen molar-refractivity contribution < 1.29 is 28.5 Å². The Labute approximate surface area is 201 Å². The van der Waals surface area contributed by atoms with Crippen LogP contribution < -0.4 is 0 Å². The quantitative estimate of drug-likeness (QED) is 0.435. The number of rotatable bonds is 6. The second-order valence-corrected chi connectivity index (χ2v) is 11.7. The lowest BCUT2D eigenvalue weighted by Crippen LogP contribution is -2.56. The highest BCUT2D eigenvalue weighted by atomic mass is 16.6. The van der Waals surface area contributed by atoms with Gasteiger partial charge in [0.05, 0.1) is 18.6 Å². The zero-order valence-electron chi connectivity index (χ0n) is 20.8. The van der Waals surface area contributed by atoms with E-state index in [1.165, 1.54) is 5.57 Å². The van der Waals surface area contributed by atoms with E-state index in [4.69, 9.17) is 18.9 Å². The summed E-state index contributed by atoms with van der Waals surface area (Å²) in [5, 5.41) is 0. The van der Waals surface area contributed by atoms with Crippen LogP contribution in [0, 0.1) is 23.7 Å². The molecule has 2 aliphatic carbocycles. The molecule has 0 aromatic carbocycles. The van der Waals surface area contributed by atoms with Gasteiger partial charge in [0.25, 0.3) is 0 Å². The lowest BCUT2D eigenvalue weighted by atomic mass is 9.68. The van der Waals surface area contributed by atoms with Gasteiger partial charge in [0.2, 0.25) is 5.91 Å². The minimum atomic E-state index is -0.339. The molecule has 0 aromatic heterocycles. The van der Waals surface area contributed by atoms with Crippen LogP contribution in [-0.2, 0) is 23.7 Å². The van der Waals surface area contributed by atoms with Crippen molar-refractivity contribution >= 4 is 12.0 Å². The second kappa shape index (κ2) is 7.93. The maximum absolute atomic E-state index is 13.1. The molecule has 34 heavy (non-hydrogen) atoms. The number of methoxy groups -OCH3 is 1. The summed E-state index contributed by atoms with van der Waals surface area (Å²) in [6.45, 7) is 10.1. The largest absolute Gasteiger partial charge is 0.443 e. The van der Waals surface area contributed by atoms with Crippen molar-refractivity contribution in [1.29, 1.82) is 0 Å². The summed E-state index contributed by atoms with van der Waals surface area (Å²) >= 11 is 0. The van der Waals surface area contributed by atoms with Gasteiger partial charge < -0.3 is 28.7 Å². The number of epoxide rings is 2. The molecule has 9 atom stereocenters. The monoisotopic (exact) mass is 474 g/mol. The predicted octanol–water partition coefficient (Wildman–Crippen LogP) is 2.61. The van der Waals surface area contributed by atoms with Crippen LogP contribution in [-0.4, -0.2) is 91.2 Å². The fraction of sp³-hybridized carbons (Fsp3) is 0.846. The summed E-state index contributed by atoms with van der Waals surface area (Å²) in [6.07, 6.45) is 5.06. The van der Waals surface area contributed by atoms with Gasteiger partial charge in [0.15, 0.2) is 0 Å². The topological polar surface area (TPSA) is 84.1 Å². The zero-order valence-corrected chi connectivity index (χ0v) is 20.8. The number of ether oxygens (including phenoxy) is 4. The minimum absolute atomic E-state index is 0.0256. The maximum Gasteiger partial charge on any atom is 0.410 e. The summed E-state index contributed by atoms with van der Waals surface area (Å²) in [4.78, 5) is 29.4. The molecule has 0 bridgehead atoms. The summed E-state index contributed by atoms with van der Waals surface area (Å²) in [6, 6.07) is 0. The number of likely N-dealkylation sites (tertiary alicyclic amines) is 2. The van der Waals surface area contributed by atoms with Crippen molar-refractivity contribution in [3.05, 3.63) is 11.6 Å². The molecule has 4 heterocycles. The first-order valence-corrected chi connectivity index (χ1v) is 13.0. The van der Waals surface area contributed by atoms with Gasteiger partial charge in [0.1, 0.15) is 23.4 Å². The Bertz CT molecular complexity index is 882. The lowest BCUT2D eigenvalue weighted by Gasteiger charge is -2.43. The Morgan fingerprint density at radius 1 is 1.15 bits per heavy atom. The molecule has 8 heteroatoms. The highest BCUT2D eigenvalue weighted by Gasteiger charge is 2.72. The lowest BCUT2D eigenvalue weighted by molar-refractivity contribution is -0.137. The molecule has 1 spiro atoms. The number of fused-ring (bicyclic) bond motifs is 1. The zero-order chi connectivity index (χ0) is 23.8. The summed E-state index contributed by atoms with van der Waals surface area (Å²) in [5.74, 6) is 1.04. The molecule has 4 saturated heterocycles. The fourth-order valence-electron chi connectivity index (χ4n) is 7.06. The van der Waals surface area contributed by atoms with E-state index in [-0.39, 0.29) is 47.4 Å². The van der Waals surface area contributed by atoms with Gasteiger partial charge in [-0.1, -0.05) is 11.6 Å². The molecular weight excluding hydrogens is 436 g/mol. The Morgan fingerprint density at radius 2 is 1.85 bits per heavy atom. The Balaban J connectivity index is 1.08. The number of hydrogen-bond acceptors (Lipinski definition) is 6. The van der Waals surface area contributed by atoms with Crippen molar-refractivity contribution in [1.82, 2.24) is 9.80 Å². The molecule has 2 saturated carbocycles. The first kappa shape index (κ1) is 22.8. The molecule has 0 radical (unpaired) electrons. The van der Waals surface area contributed by atoms with Gasteiger partial charge in [-0.05, 0) is 58.3 Å². The Hall–Kier alpha value is -1.64. The van der Waals surface area contributed by atoms with E-state index in [1.807, 2.05) is 4.90 Å². The minimum Gasteiger partial charge on any atom is -0.443 e. The number of nitrogens with zero attached hydrogens (tertiary/aromatic N) is 2. The normalized spacial score (nSPS) is 45.9. The van der Waals surface area contributed by atoms with Crippen LogP contribution in [0.2, 0.25) is 0 Å². The Kier molecular flexibility index (Phi) is 5.32. The molecule has 6 fully saturated rings. The fourth-order valence-corrected chi connectivity index (χ4v) is 7.06. The number of hydrogen-bond donors (Lipinski definition) is 0. The van der Waals surface area contributed by atoms with Crippen LogP contribution in [0.3, 0.4) is 0 Å². The third-order valence-electron chi connectivity index (χ3n) is 9.39. The number of carbonyl (C=O) groups excluding carboxylic acids is 2. The summed E-state index contributed by atoms with van der Waals surface area (Å²) < 4.78 is 24.3. The third kappa shape index (κ3) is 3.59. The van der Waals surface area contributed by atoms with Crippen LogP contribution in [0.1, 0.15) is 46.5 Å². The molecule has 8 nitrogen and oxygen atoms in total. The van der Waals surface area contributed by atoms with Gasteiger partial charge >= 0.3 is 6.09 Å². The van der Waals surface area contributed by atoms with E-state index < -0.39 is 0 Å². The summed E-state index contributed by atoms with van der Waals surface area (Å²) in [7, 11) is 1.70. The van der Waals surface area contributed by atoms with Gasteiger partial charge in [-0.2, -0.15) is 0 Å². The van der Waals surface area contributed by atoms with Crippen LogP contribution in [0.5, 0.6) is 0 Å². The van der Waals surface area contributed by atoms with Crippen molar-refractivity contribution in [2.24, 2.45) is 23.7 Å². The average Bonchev–Trinajstić information content (AvgIpc) is 3.72. The third-order valence-corrected chi connectivity index (χ3v) is 9.39. The van der Waals surface area contributed by atoms with Crippen molar-refractivity contribution in [2.75, 3.05) is 39.9 Å². The SMILES string of the molecule is CO[C@H]1C([C@@]2(C)O[C@@H]2CC=C(C)C)[C@]2(CC[C@H]1OC(=O)N1C[C@@H]3C(C(=O)N4CCC4)[C@@H]3C1)CO2. The van der Waals surface area contributed by atoms with Gasteiger partial charge in [0, 0.05) is 39.2 Å². The average molecular weight is 475 g/mol. The molecule has 4 aliphatic heterocycles. The molecule has 6 rings (SSSR count). The number of piperidine rings is 1. The Morgan fingerprint density at radius 3 is 2.41 bits per heavy atom. The first-order valence-electron chi connectivity index (χ1n) is 13.0. The van der Waals surface area contributed by atoms with Crippen LogP contribution in [0.15, 0.2) is 11.6 Å². The molecule has 6 aliphatic rings. The van der Waals surface area contributed by atoms with E-state index >= 15 is 0 Å². The van der Waals surface area contributed by atoms with E-state index in [0.717, 1.165) is 38.8 Å². The standard InChI is InChI=1S/C26H38N2O6/c1-15(2)6-7-19-25(3,34-19)22-21(31-4)18(8-9-26(22)14-32-26)33-24(30)28-12-16-17(13-28)20(16)23(29)27-10-5-11-27/h6,16-22H,5,7-14H2,1-4H3/t16-,17+,18-,19-,20?,21-,22?,25+,26+/m1/s1. The van der Waals surface area contributed by atoms with Gasteiger partial charge in [-0.25, -0.2) is 4.79 Å². The number of carbonyl (C=O) groups is 2. The smallest absolute Gasteiger partial charge is 0.410 e. The number of amides is 2. The molecule has 0 aromatic rings. The molecule has 188 valence electrons. The predicted molar refractivity (Wildman–Crippen MR) is 123 cm³/mol. The highest BCUT2D eigenvalue weighted by molar-refractivity contribution is 5.84. The molecule has 0 N–H and O–H groups in total. The van der Waals surface area contributed by atoms with E-state index in [1.54, 1.807) is 12.0 Å². The molecule has 2 amide bonds. The maximum atomic E-state index is 13.1. The van der Waals surface area contributed by atoms with E-state index in [2.05, 4.69) is 26.8 Å².